The summed E-state index contributed by atoms with van der Waals surface area (Å²) < 4.78 is 13.1. The van der Waals surface area contributed by atoms with Crippen molar-refractivity contribution in [2.75, 3.05) is 20.3 Å². The van der Waals surface area contributed by atoms with Crippen LogP contribution in [0.4, 0.5) is 4.79 Å². The first kappa shape index (κ1) is 24.8. The Labute approximate surface area is 222 Å². The highest BCUT2D eigenvalue weighted by Crippen LogP contribution is 2.40. The molecule has 1 amide bonds. The second kappa shape index (κ2) is 9.97. The monoisotopic (exact) mass is 517 g/mol. The molecule has 1 fully saturated rings. The lowest BCUT2D eigenvalue weighted by Gasteiger charge is -2.28. The normalized spacial score (nSPS) is 21.5. The van der Waals surface area contributed by atoms with Gasteiger partial charge in [-0.15, -0.1) is 0 Å². The van der Waals surface area contributed by atoms with Gasteiger partial charge in [0.05, 0.1) is 37.2 Å². The van der Waals surface area contributed by atoms with E-state index >= 15 is 0 Å². The molecule has 2 aliphatic heterocycles. The highest BCUT2D eigenvalue weighted by Gasteiger charge is 2.32. The Morgan fingerprint density at radius 2 is 1.95 bits per heavy atom. The Bertz CT molecular complexity index is 1390. The summed E-state index contributed by atoms with van der Waals surface area (Å²) in [6.45, 7) is 4.12. The Morgan fingerprint density at radius 1 is 1.13 bits per heavy atom. The molecule has 3 aromatic rings. The number of carboxylic acids is 1. The average Bonchev–Trinajstić information content (AvgIpc) is 3.57. The molecule has 0 radical (unpaired) electrons. The molecular weight excluding hydrogens is 482 g/mol. The van der Waals surface area contributed by atoms with E-state index in [9.17, 15) is 14.7 Å². The maximum absolute atomic E-state index is 12.3. The van der Waals surface area contributed by atoms with Gasteiger partial charge in [0.1, 0.15) is 11.6 Å². The minimum atomic E-state index is -0.692. The quantitative estimate of drug-likeness (QED) is 0.496. The second-order valence-electron chi connectivity index (χ2n) is 11.0. The molecule has 0 spiro atoms. The third-order valence-electron chi connectivity index (χ3n) is 8.69. The number of carbonyl (C=O) groups excluding carboxylic acids is 1. The number of aliphatic carboxylic acids is 1. The number of amides is 1. The van der Waals surface area contributed by atoms with Crippen molar-refractivity contribution in [2.24, 2.45) is 5.92 Å². The van der Waals surface area contributed by atoms with E-state index in [-0.39, 0.29) is 24.0 Å². The fourth-order valence-corrected chi connectivity index (χ4v) is 6.65. The SMILES string of the molecule is COC(=O)N1CCc2ccc3c(nc([C@H]4CC[C@H](C(=O)O)CC4)n3[C@@H](C)Cc3ccc4c(c3)CCO4)c2C1. The summed E-state index contributed by atoms with van der Waals surface area (Å²) in [4.78, 5) is 30.9. The van der Waals surface area contributed by atoms with E-state index in [4.69, 9.17) is 14.5 Å². The summed E-state index contributed by atoms with van der Waals surface area (Å²) >= 11 is 0. The predicted octanol–water partition coefficient (Wildman–Crippen LogP) is 5.26. The zero-order valence-electron chi connectivity index (χ0n) is 22.1. The number of carbonyl (C=O) groups is 2. The molecule has 200 valence electrons. The summed E-state index contributed by atoms with van der Waals surface area (Å²) in [7, 11) is 1.42. The lowest BCUT2D eigenvalue weighted by atomic mass is 9.81. The molecular formula is C30H35N3O5. The molecule has 3 heterocycles. The number of hydrogen-bond acceptors (Lipinski definition) is 5. The van der Waals surface area contributed by atoms with Crippen LogP contribution >= 0.6 is 0 Å². The molecule has 0 bridgehead atoms. The van der Waals surface area contributed by atoms with Gasteiger partial charge in [-0.25, -0.2) is 9.78 Å². The molecule has 1 atom stereocenters. The number of carboxylic acid groups (broad SMARTS) is 1. The molecule has 8 heteroatoms. The van der Waals surface area contributed by atoms with E-state index < -0.39 is 5.97 Å². The van der Waals surface area contributed by atoms with Crippen LogP contribution in [0.5, 0.6) is 5.75 Å². The summed E-state index contributed by atoms with van der Waals surface area (Å²) in [6, 6.07) is 11.1. The molecule has 0 unspecified atom stereocenters. The van der Waals surface area contributed by atoms with Crippen molar-refractivity contribution in [3.05, 3.63) is 58.4 Å². The van der Waals surface area contributed by atoms with E-state index in [1.165, 1.54) is 23.8 Å². The fraction of sp³-hybridized carbons (Fsp3) is 0.500. The first-order chi connectivity index (χ1) is 18.4. The summed E-state index contributed by atoms with van der Waals surface area (Å²) in [5.74, 6) is 1.29. The van der Waals surface area contributed by atoms with Crippen LogP contribution in [0.3, 0.4) is 0 Å². The van der Waals surface area contributed by atoms with Crippen LogP contribution in [-0.2, 0) is 35.3 Å². The van der Waals surface area contributed by atoms with Gasteiger partial charge in [0.15, 0.2) is 0 Å². The van der Waals surface area contributed by atoms with E-state index in [2.05, 4.69) is 41.8 Å². The fourth-order valence-electron chi connectivity index (χ4n) is 6.65. The van der Waals surface area contributed by atoms with Crippen molar-refractivity contribution in [1.29, 1.82) is 0 Å². The van der Waals surface area contributed by atoms with Gasteiger partial charge in [0, 0.05) is 30.5 Å². The van der Waals surface area contributed by atoms with E-state index in [1.54, 1.807) is 4.90 Å². The van der Waals surface area contributed by atoms with E-state index in [0.29, 0.717) is 25.9 Å². The van der Waals surface area contributed by atoms with Crippen molar-refractivity contribution in [2.45, 2.75) is 70.4 Å². The van der Waals surface area contributed by atoms with Gasteiger partial charge in [0.25, 0.3) is 0 Å². The van der Waals surface area contributed by atoms with Gasteiger partial charge in [-0.2, -0.15) is 0 Å². The molecule has 2 aromatic carbocycles. The van der Waals surface area contributed by atoms with Crippen LogP contribution in [0.1, 0.15) is 72.6 Å². The standard InChI is InChI=1S/C30H35N3O5/c1-18(15-19-3-10-26-23(16-19)12-14-38-26)33-25-9-8-20-11-13-32(30(36)37-2)17-24(20)27(25)31-28(33)21-4-6-22(7-5-21)29(34)35/h3,8-10,16,18,21-22H,4-7,11-15,17H2,1-2H3,(H,34,35)/t18-,21-,22-/m0/s1. The number of rotatable bonds is 5. The number of nitrogens with zero attached hydrogens (tertiary/aromatic N) is 3. The van der Waals surface area contributed by atoms with Gasteiger partial charge in [-0.1, -0.05) is 18.2 Å². The highest BCUT2D eigenvalue weighted by molar-refractivity contribution is 5.82. The highest BCUT2D eigenvalue weighted by atomic mass is 16.5. The van der Waals surface area contributed by atoms with Crippen molar-refractivity contribution in [3.63, 3.8) is 0 Å². The molecule has 3 aliphatic rings. The van der Waals surface area contributed by atoms with Crippen LogP contribution < -0.4 is 4.74 Å². The molecule has 1 saturated carbocycles. The van der Waals surface area contributed by atoms with Crippen LogP contribution in [0.15, 0.2) is 30.3 Å². The molecule has 6 rings (SSSR count). The Morgan fingerprint density at radius 3 is 2.71 bits per heavy atom. The summed E-state index contributed by atoms with van der Waals surface area (Å²) in [5, 5.41) is 9.53. The zero-order valence-corrected chi connectivity index (χ0v) is 22.1. The number of ether oxygens (including phenoxy) is 2. The third kappa shape index (κ3) is 4.40. The zero-order chi connectivity index (χ0) is 26.4. The van der Waals surface area contributed by atoms with Crippen LogP contribution in [-0.4, -0.2) is 51.9 Å². The lowest BCUT2D eigenvalue weighted by molar-refractivity contribution is -0.142. The van der Waals surface area contributed by atoms with Gasteiger partial charge in [-0.05, 0) is 74.3 Å². The molecule has 1 N–H and O–H groups in total. The average molecular weight is 518 g/mol. The molecule has 8 nitrogen and oxygen atoms in total. The Kier molecular flexibility index (Phi) is 6.50. The minimum Gasteiger partial charge on any atom is -0.493 e. The van der Waals surface area contributed by atoms with Crippen LogP contribution in [0, 0.1) is 5.92 Å². The lowest BCUT2D eigenvalue weighted by Crippen LogP contribution is -2.35. The molecule has 1 aromatic heterocycles. The van der Waals surface area contributed by atoms with Crippen LogP contribution in [0.25, 0.3) is 11.0 Å². The van der Waals surface area contributed by atoms with E-state index in [0.717, 1.165) is 66.9 Å². The molecule has 38 heavy (non-hydrogen) atoms. The molecule has 1 aliphatic carbocycles. The third-order valence-corrected chi connectivity index (χ3v) is 8.69. The van der Waals surface area contributed by atoms with Gasteiger partial charge in [0.2, 0.25) is 0 Å². The first-order valence-electron chi connectivity index (χ1n) is 13.8. The van der Waals surface area contributed by atoms with Gasteiger partial charge < -0.3 is 24.0 Å². The topological polar surface area (TPSA) is 93.9 Å². The number of imidazole rings is 1. The summed E-state index contributed by atoms with van der Waals surface area (Å²) in [5.41, 5.74) is 6.92. The largest absolute Gasteiger partial charge is 0.493 e. The smallest absolute Gasteiger partial charge is 0.409 e. The number of fused-ring (bicyclic) bond motifs is 4. The first-order valence-corrected chi connectivity index (χ1v) is 13.8. The number of aromatic nitrogens is 2. The van der Waals surface area contributed by atoms with Crippen molar-refractivity contribution >= 4 is 23.1 Å². The van der Waals surface area contributed by atoms with Crippen molar-refractivity contribution < 1.29 is 24.2 Å². The Balaban J connectivity index is 1.39. The number of methoxy groups -OCH3 is 1. The minimum absolute atomic E-state index is 0.158. The van der Waals surface area contributed by atoms with Crippen molar-refractivity contribution in [1.82, 2.24) is 14.5 Å². The van der Waals surface area contributed by atoms with Crippen LogP contribution in [0.2, 0.25) is 0 Å². The van der Waals surface area contributed by atoms with Gasteiger partial charge in [-0.3, -0.25) is 4.79 Å². The summed E-state index contributed by atoms with van der Waals surface area (Å²) in [6.07, 6.45) is 5.27. The van der Waals surface area contributed by atoms with Gasteiger partial charge >= 0.3 is 12.1 Å². The maximum atomic E-state index is 12.3. The van der Waals surface area contributed by atoms with E-state index in [1.807, 2.05) is 0 Å². The number of benzene rings is 2. The predicted molar refractivity (Wildman–Crippen MR) is 143 cm³/mol. The second-order valence-corrected chi connectivity index (χ2v) is 11.0. The number of hydrogen-bond donors (Lipinski definition) is 1. The maximum Gasteiger partial charge on any atom is 0.409 e. The van der Waals surface area contributed by atoms with Crippen molar-refractivity contribution in [3.8, 4) is 5.75 Å². The Hall–Kier alpha value is -3.55. The molecule has 0 saturated heterocycles.